The lowest BCUT2D eigenvalue weighted by Gasteiger charge is -2.21. The summed E-state index contributed by atoms with van der Waals surface area (Å²) < 4.78 is 13.6. The summed E-state index contributed by atoms with van der Waals surface area (Å²) in [5.74, 6) is -0.412. The molecule has 0 spiro atoms. The number of aliphatic hydroxyl groups is 2. The van der Waals surface area contributed by atoms with Crippen molar-refractivity contribution in [2.45, 2.75) is 18.6 Å². The molecule has 0 heterocycles. The summed E-state index contributed by atoms with van der Waals surface area (Å²) in [6, 6.07) is 15.8. The van der Waals surface area contributed by atoms with Gasteiger partial charge in [-0.15, -0.1) is 0 Å². The van der Waals surface area contributed by atoms with E-state index >= 15 is 0 Å². The fraction of sp³-hybridized carbons (Fsp3) is 0.294. The number of rotatable bonds is 7. The summed E-state index contributed by atoms with van der Waals surface area (Å²) in [4.78, 5) is 0. The third-order valence-corrected chi connectivity index (χ3v) is 3.44. The van der Waals surface area contributed by atoms with Gasteiger partial charge in [0, 0.05) is 24.8 Å². The Balaban J connectivity index is 2.00. The van der Waals surface area contributed by atoms with Crippen molar-refractivity contribution in [1.29, 1.82) is 0 Å². The quantitative estimate of drug-likeness (QED) is 0.734. The SMILES string of the molecule is OCCC(NCC(O)c1ccccc1F)c1ccccc1. The third-order valence-electron chi connectivity index (χ3n) is 3.44. The molecule has 4 heteroatoms. The first-order chi connectivity index (χ1) is 10.2. The van der Waals surface area contributed by atoms with Gasteiger partial charge in [-0.1, -0.05) is 48.5 Å². The Morgan fingerprint density at radius 2 is 1.67 bits per heavy atom. The number of nitrogens with one attached hydrogen (secondary N) is 1. The van der Waals surface area contributed by atoms with Crippen LogP contribution in [0.2, 0.25) is 0 Å². The van der Waals surface area contributed by atoms with Gasteiger partial charge in [0.15, 0.2) is 0 Å². The average Bonchev–Trinajstić information content (AvgIpc) is 2.52. The molecule has 112 valence electrons. The van der Waals surface area contributed by atoms with E-state index in [1.165, 1.54) is 6.07 Å². The van der Waals surface area contributed by atoms with Gasteiger partial charge in [0.1, 0.15) is 5.82 Å². The van der Waals surface area contributed by atoms with E-state index in [0.29, 0.717) is 6.42 Å². The fourth-order valence-electron chi connectivity index (χ4n) is 2.31. The van der Waals surface area contributed by atoms with Gasteiger partial charge in [-0.3, -0.25) is 0 Å². The van der Waals surface area contributed by atoms with Crippen molar-refractivity contribution in [2.24, 2.45) is 0 Å². The van der Waals surface area contributed by atoms with Crippen molar-refractivity contribution in [3.8, 4) is 0 Å². The van der Waals surface area contributed by atoms with Crippen LogP contribution in [0.15, 0.2) is 54.6 Å². The molecule has 2 atom stereocenters. The van der Waals surface area contributed by atoms with Gasteiger partial charge in [-0.25, -0.2) is 4.39 Å². The summed E-state index contributed by atoms with van der Waals surface area (Å²) in [6.45, 7) is 0.267. The molecule has 0 saturated heterocycles. The van der Waals surface area contributed by atoms with E-state index in [9.17, 15) is 9.50 Å². The summed E-state index contributed by atoms with van der Waals surface area (Å²) in [7, 11) is 0. The molecule has 0 radical (unpaired) electrons. The van der Waals surface area contributed by atoms with Crippen LogP contribution < -0.4 is 5.32 Å². The minimum atomic E-state index is -0.920. The molecule has 0 aliphatic rings. The molecule has 0 fully saturated rings. The molecule has 21 heavy (non-hydrogen) atoms. The van der Waals surface area contributed by atoms with Crippen LogP contribution in [0.5, 0.6) is 0 Å². The molecule has 2 aromatic carbocycles. The highest BCUT2D eigenvalue weighted by Gasteiger charge is 2.15. The molecule has 0 bridgehead atoms. The van der Waals surface area contributed by atoms with E-state index < -0.39 is 11.9 Å². The van der Waals surface area contributed by atoms with Crippen molar-refractivity contribution in [1.82, 2.24) is 5.32 Å². The zero-order valence-electron chi connectivity index (χ0n) is 11.7. The largest absolute Gasteiger partial charge is 0.396 e. The van der Waals surface area contributed by atoms with Gasteiger partial charge in [0.2, 0.25) is 0 Å². The Bertz CT molecular complexity index is 547. The monoisotopic (exact) mass is 289 g/mol. The van der Waals surface area contributed by atoms with Crippen LogP contribution in [0.1, 0.15) is 29.7 Å². The lowest BCUT2D eigenvalue weighted by molar-refractivity contribution is 0.161. The molecular formula is C17H20FNO2. The van der Waals surface area contributed by atoms with Gasteiger partial charge in [-0.05, 0) is 18.1 Å². The van der Waals surface area contributed by atoms with E-state index in [4.69, 9.17) is 5.11 Å². The van der Waals surface area contributed by atoms with E-state index in [0.717, 1.165) is 5.56 Å². The molecule has 0 aromatic heterocycles. The Hall–Kier alpha value is -1.75. The Morgan fingerprint density at radius 3 is 2.33 bits per heavy atom. The first-order valence-electron chi connectivity index (χ1n) is 7.04. The van der Waals surface area contributed by atoms with Crippen molar-refractivity contribution >= 4 is 0 Å². The van der Waals surface area contributed by atoms with Gasteiger partial charge in [0.05, 0.1) is 6.10 Å². The summed E-state index contributed by atoms with van der Waals surface area (Å²) >= 11 is 0. The number of benzene rings is 2. The predicted molar refractivity (Wildman–Crippen MR) is 80.2 cm³/mol. The third kappa shape index (κ3) is 4.36. The molecule has 2 aromatic rings. The number of aliphatic hydroxyl groups excluding tert-OH is 2. The van der Waals surface area contributed by atoms with Crippen LogP contribution in [0.4, 0.5) is 4.39 Å². The van der Waals surface area contributed by atoms with Crippen LogP contribution in [0.25, 0.3) is 0 Å². The van der Waals surface area contributed by atoms with Gasteiger partial charge >= 0.3 is 0 Å². The second-order valence-electron chi connectivity index (χ2n) is 4.92. The maximum atomic E-state index is 13.6. The maximum absolute atomic E-state index is 13.6. The standard InChI is InChI=1S/C17H20FNO2/c18-15-9-5-4-8-14(15)17(21)12-19-16(10-11-20)13-6-2-1-3-7-13/h1-9,16-17,19-21H,10-12H2. The average molecular weight is 289 g/mol. The highest BCUT2D eigenvalue weighted by Crippen LogP contribution is 2.19. The van der Waals surface area contributed by atoms with Crippen LogP contribution in [0, 0.1) is 5.82 Å². The summed E-state index contributed by atoms with van der Waals surface area (Å²) in [6.07, 6.45) is -0.385. The van der Waals surface area contributed by atoms with Crippen molar-refractivity contribution in [3.05, 3.63) is 71.5 Å². The topological polar surface area (TPSA) is 52.5 Å². The molecule has 0 amide bonds. The number of hydrogen-bond acceptors (Lipinski definition) is 3. The summed E-state index contributed by atoms with van der Waals surface area (Å²) in [5, 5.41) is 22.4. The van der Waals surface area contributed by atoms with Gasteiger partial charge in [0.25, 0.3) is 0 Å². The number of halogens is 1. The highest BCUT2D eigenvalue weighted by molar-refractivity contribution is 5.21. The normalized spacial score (nSPS) is 13.9. The lowest BCUT2D eigenvalue weighted by Crippen LogP contribution is -2.27. The van der Waals surface area contributed by atoms with E-state index in [2.05, 4.69) is 5.32 Å². The molecule has 0 saturated carbocycles. The maximum Gasteiger partial charge on any atom is 0.129 e. The zero-order chi connectivity index (χ0) is 15.1. The highest BCUT2D eigenvalue weighted by atomic mass is 19.1. The zero-order valence-corrected chi connectivity index (χ0v) is 11.7. The van der Waals surface area contributed by atoms with Gasteiger partial charge < -0.3 is 15.5 Å². The van der Waals surface area contributed by atoms with Crippen LogP contribution >= 0.6 is 0 Å². The van der Waals surface area contributed by atoms with Gasteiger partial charge in [-0.2, -0.15) is 0 Å². The van der Waals surface area contributed by atoms with E-state index in [1.807, 2.05) is 30.3 Å². The second-order valence-corrected chi connectivity index (χ2v) is 4.92. The van der Waals surface area contributed by atoms with E-state index in [-0.39, 0.29) is 24.8 Å². The molecule has 0 aliphatic carbocycles. The first-order valence-corrected chi connectivity index (χ1v) is 7.04. The van der Waals surface area contributed by atoms with Crippen LogP contribution in [-0.2, 0) is 0 Å². The summed E-state index contributed by atoms with van der Waals surface area (Å²) in [5.41, 5.74) is 1.31. The van der Waals surface area contributed by atoms with Crippen molar-refractivity contribution in [3.63, 3.8) is 0 Å². The Labute approximate surface area is 124 Å². The minimum absolute atomic E-state index is 0.0440. The molecule has 3 N–H and O–H groups in total. The van der Waals surface area contributed by atoms with Crippen LogP contribution in [0.3, 0.4) is 0 Å². The number of hydrogen-bond donors (Lipinski definition) is 3. The predicted octanol–water partition coefficient (Wildman–Crippen LogP) is 2.57. The fourth-order valence-corrected chi connectivity index (χ4v) is 2.31. The second kappa shape index (κ2) is 7.88. The Morgan fingerprint density at radius 1 is 1.00 bits per heavy atom. The molecular weight excluding hydrogens is 269 g/mol. The lowest BCUT2D eigenvalue weighted by atomic mass is 10.0. The molecule has 2 rings (SSSR count). The molecule has 2 unspecified atom stereocenters. The van der Waals surface area contributed by atoms with Crippen molar-refractivity contribution in [2.75, 3.05) is 13.2 Å². The van der Waals surface area contributed by atoms with Crippen molar-refractivity contribution < 1.29 is 14.6 Å². The minimum Gasteiger partial charge on any atom is -0.396 e. The first kappa shape index (κ1) is 15.6. The molecule has 3 nitrogen and oxygen atoms in total. The molecule has 0 aliphatic heterocycles. The van der Waals surface area contributed by atoms with Crippen LogP contribution in [-0.4, -0.2) is 23.4 Å². The van der Waals surface area contributed by atoms with E-state index in [1.54, 1.807) is 18.2 Å². The Kier molecular flexibility index (Phi) is 5.87. The smallest absolute Gasteiger partial charge is 0.129 e.